The number of carbonyl (C=O) groups excluding carboxylic acids is 2. The van der Waals surface area contributed by atoms with Crippen molar-refractivity contribution in [1.82, 2.24) is 9.80 Å². The third kappa shape index (κ3) is 3.86. The minimum absolute atomic E-state index is 0.0342. The molecule has 1 atom stereocenters. The Labute approximate surface area is 144 Å². The van der Waals surface area contributed by atoms with Crippen LogP contribution in [0.4, 0.5) is 0 Å². The van der Waals surface area contributed by atoms with E-state index in [1.807, 2.05) is 17.0 Å². The molecule has 2 saturated heterocycles. The molecule has 3 rings (SSSR count). The molecule has 2 aliphatic heterocycles. The van der Waals surface area contributed by atoms with Crippen LogP contribution < -0.4 is 0 Å². The molecule has 24 heavy (non-hydrogen) atoms. The van der Waals surface area contributed by atoms with Crippen LogP contribution in [0, 0.1) is 0 Å². The first-order valence-electron chi connectivity index (χ1n) is 9.30. The fourth-order valence-electron chi connectivity index (χ4n) is 4.04. The van der Waals surface area contributed by atoms with E-state index in [4.69, 9.17) is 0 Å². The van der Waals surface area contributed by atoms with Gasteiger partial charge in [0.25, 0.3) is 5.91 Å². The molecule has 4 heteroatoms. The molecule has 4 nitrogen and oxygen atoms in total. The first kappa shape index (κ1) is 17.2. The van der Waals surface area contributed by atoms with E-state index < -0.39 is 0 Å². The Bertz CT molecular complexity index is 593. The van der Waals surface area contributed by atoms with Gasteiger partial charge in [-0.25, -0.2) is 0 Å². The zero-order valence-electron chi connectivity index (χ0n) is 14.7. The van der Waals surface area contributed by atoms with E-state index in [9.17, 15) is 9.59 Å². The summed E-state index contributed by atoms with van der Waals surface area (Å²) < 4.78 is 0. The molecule has 0 radical (unpaired) electrons. The number of piperidine rings is 1. The molecule has 0 N–H and O–H groups in total. The molecule has 1 aromatic rings. The lowest BCUT2D eigenvalue weighted by molar-refractivity contribution is 0.0585. The maximum Gasteiger partial charge on any atom is 0.254 e. The van der Waals surface area contributed by atoms with Gasteiger partial charge in [0.1, 0.15) is 0 Å². The van der Waals surface area contributed by atoms with Crippen LogP contribution in [0.15, 0.2) is 24.3 Å². The fourth-order valence-corrected chi connectivity index (χ4v) is 4.04. The minimum Gasteiger partial charge on any atom is -0.336 e. The summed E-state index contributed by atoms with van der Waals surface area (Å²) in [6.45, 7) is 5.84. The van der Waals surface area contributed by atoms with Gasteiger partial charge in [0.15, 0.2) is 5.78 Å². The van der Waals surface area contributed by atoms with Gasteiger partial charge in [0, 0.05) is 24.7 Å². The zero-order chi connectivity index (χ0) is 16.9. The van der Waals surface area contributed by atoms with Gasteiger partial charge in [-0.1, -0.05) is 18.2 Å². The van der Waals surface area contributed by atoms with E-state index >= 15 is 0 Å². The first-order valence-corrected chi connectivity index (χ1v) is 9.30. The van der Waals surface area contributed by atoms with Crippen LogP contribution in [-0.4, -0.2) is 53.7 Å². The van der Waals surface area contributed by atoms with Crippen molar-refractivity contribution < 1.29 is 9.59 Å². The highest BCUT2D eigenvalue weighted by atomic mass is 16.2. The molecule has 0 aliphatic carbocycles. The van der Waals surface area contributed by atoms with Crippen molar-refractivity contribution >= 4 is 11.7 Å². The molecule has 2 aliphatic rings. The Kier molecular flexibility index (Phi) is 5.67. The van der Waals surface area contributed by atoms with Gasteiger partial charge in [-0.2, -0.15) is 0 Å². The van der Waals surface area contributed by atoms with Crippen molar-refractivity contribution in [3.63, 3.8) is 0 Å². The van der Waals surface area contributed by atoms with Crippen molar-refractivity contribution in [1.29, 1.82) is 0 Å². The van der Waals surface area contributed by atoms with Crippen LogP contribution in [-0.2, 0) is 0 Å². The van der Waals surface area contributed by atoms with Gasteiger partial charge >= 0.3 is 0 Å². The summed E-state index contributed by atoms with van der Waals surface area (Å²) in [4.78, 5) is 29.5. The highest BCUT2D eigenvalue weighted by molar-refractivity contribution is 6.07. The van der Waals surface area contributed by atoms with Gasteiger partial charge in [0.05, 0.1) is 5.56 Å². The van der Waals surface area contributed by atoms with Crippen LogP contribution in [0.25, 0.3) is 0 Å². The quantitative estimate of drug-likeness (QED) is 0.778. The lowest BCUT2D eigenvalue weighted by atomic mass is 9.96. The summed E-state index contributed by atoms with van der Waals surface area (Å²) in [7, 11) is 0. The van der Waals surface area contributed by atoms with Gasteiger partial charge in [-0.05, 0) is 64.6 Å². The maximum absolute atomic E-state index is 13.1. The van der Waals surface area contributed by atoms with Crippen LogP contribution in [0.3, 0.4) is 0 Å². The Morgan fingerprint density at radius 3 is 2.38 bits per heavy atom. The average Bonchev–Trinajstić information content (AvgIpc) is 3.13. The number of Topliss-reactive ketones (excluding diaryl/α,β-unsaturated/α-hetero) is 1. The van der Waals surface area contributed by atoms with Crippen molar-refractivity contribution in [2.75, 3.05) is 26.2 Å². The molecule has 1 amide bonds. The van der Waals surface area contributed by atoms with E-state index in [2.05, 4.69) is 4.90 Å². The second-order valence-electron chi connectivity index (χ2n) is 7.09. The SMILES string of the molecule is CC(=O)c1ccccc1C(=O)N1CCCCC1CCN1CCCC1. The molecule has 1 unspecified atom stereocenters. The Balaban J connectivity index is 1.72. The number of hydrogen-bond donors (Lipinski definition) is 0. The summed E-state index contributed by atoms with van der Waals surface area (Å²) in [6, 6.07) is 7.55. The fraction of sp³-hybridized carbons (Fsp3) is 0.600. The van der Waals surface area contributed by atoms with Crippen LogP contribution in [0.1, 0.15) is 66.2 Å². The Morgan fingerprint density at radius 1 is 1.00 bits per heavy atom. The number of likely N-dealkylation sites (tertiary alicyclic amines) is 2. The van der Waals surface area contributed by atoms with Crippen LogP contribution in [0.5, 0.6) is 0 Å². The van der Waals surface area contributed by atoms with E-state index in [-0.39, 0.29) is 11.7 Å². The summed E-state index contributed by atoms with van der Waals surface area (Å²) in [5.74, 6) is -0.00324. The molecule has 130 valence electrons. The van der Waals surface area contributed by atoms with Crippen molar-refractivity contribution in [2.45, 2.75) is 51.5 Å². The van der Waals surface area contributed by atoms with Crippen molar-refractivity contribution in [3.8, 4) is 0 Å². The lowest BCUT2D eigenvalue weighted by Crippen LogP contribution is -2.45. The first-order chi connectivity index (χ1) is 11.7. The topological polar surface area (TPSA) is 40.6 Å². The normalized spacial score (nSPS) is 21.9. The highest BCUT2D eigenvalue weighted by Crippen LogP contribution is 2.24. The van der Waals surface area contributed by atoms with E-state index in [1.165, 1.54) is 39.3 Å². The van der Waals surface area contributed by atoms with E-state index in [0.29, 0.717) is 17.2 Å². The molecular weight excluding hydrogens is 300 g/mol. The monoisotopic (exact) mass is 328 g/mol. The van der Waals surface area contributed by atoms with Crippen LogP contribution >= 0.6 is 0 Å². The summed E-state index contributed by atoms with van der Waals surface area (Å²) in [5, 5.41) is 0. The molecule has 2 heterocycles. The average molecular weight is 328 g/mol. The number of rotatable bonds is 5. The predicted molar refractivity (Wildman–Crippen MR) is 95.4 cm³/mol. The van der Waals surface area contributed by atoms with Crippen molar-refractivity contribution in [2.24, 2.45) is 0 Å². The smallest absolute Gasteiger partial charge is 0.254 e. The molecule has 0 saturated carbocycles. The molecule has 0 bridgehead atoms. The summed E-state index contributed by atoms with van der Waals surface area (Å²) in [5.41, 5.74) is 1.12. The van der Waals surface area contributed by atoms with Gasteiger partial charge < -0.3 is 9.80 Å². The molecule has 2 fully saturated rings. The van der Waals surface area contributed by atoms with Gasteiger partial charge in [-0.3, -0.25) is 9.59 Å². The number of benzene rings is 1. The van der Waals surface area contributed by atoms with Gasteiger partial charge in [-0.15, -0.1) is 0 Å². The van der Waals surface area contributed by atoms with Crippen LogP contribution in [0.2, 0.25) is 0 Å². The Morgan fingerprint density at radius 2 is 1.67 bits per heavy atom. The maximum atomic E-state index is 13.1. The minimum atomic E-state index is -0.0374. The number of hydrogen-bond acceptors (Lipinski definition) is 3. The summed E-state index contributed by atoms with van der Waals surface area (Å²) >= 11 is 0. The number of carbonyl (C=O) groups is 2. The molecule has 1 aromatic carbocycles. The van der Waals surface area contributed by atoms with Gasteiger partial charge in [0.2, 0.25) is 0 Å². The largest absolute Gasteiger partial charge is 0.336 e. The molecule has 0 aromatic heterocycles. The number of ketones is 1. The summed E-state index contributed by atoms with van der Waals surface area (Å²) in [6.07, 6.45) is 7.01. The number of nitrogens with zero attached hydrogens (tertiary/aromatic N) is 2. The molecule has 0 spiro atoms. The number of amides is 1. The van der Waals surface area contributed by atoms with E-state index in [1.54, 1.807) is 12.1 Å². The second-order valence-corrected chi connectivity index (χ2v) is 7.09. The predicted octanol–water partition coefficient (Wildman–Crippen LogP) is 3.37. The van der Waals surface area contributed by atoms with E-state index in [0.717, 1.165) is 32.4 Å². The second kappa shape index (κ2) is 7.93. The molecular formula is C20H28N2O2. The third-order valence-corrected chi connectivity index (χ3v) is 5.40. The third-order valence-electron chi connectivity index (χ3n) is 5.40. The Hall–Kier alpha value is -1.68. The zero-order valence-corrected chi connectivity index (χ0v) is 14.7. The lowest BCUT2D eigenvalue weighted by Gasteiger charge is -2.37. The highest BCUT2D eigenvalue weighted by Gasteiger charge is 2.29. The van der Waals surface area contributed by atoms with Crippen molar-refractivity contribution in [3.05, 3.63) is 35.4 Å². The standard InChI is InChI=1S/C20H28N2O2/c1-16(23)18-9-2-3-10-19(18)20(24)22-14-5-4-8-17(22)11-15-21-12-6-7-13-21/h2-3,9-10,17H,4-8,11-15H2,1H3.